The van der Waals surface area contributed by atoms with E-state index in [2.05, 4.69) is 22.1 Å². The van der Waals surface area contributed by atoms with E-state index in [0.717, 1.165) is 12.8 Å². The maximum Gasteiger partial charge on any atom is 0.128 e. The van der Waals surface area contributed by atoms with E-state index < -0.39 is 0 Å². The lowest BCUT2D eigenvalue weighted by Crippen LogP contribution is -2.20. The van der Waals surface area contributed by atoms with Gasteiger partial charge in [0.2, 0.25) is 0 Å². The predicted molar refractivity (Wildman–Crippen MR) is 42.7 cm³/mol. The van der Waals surface area contributed by atoms with Crippen LogP contribution >= 0.6 is 0 Å². The summed E-state index contributed by atoms with van der Waals surface area (Å²) in [5, 5.41) is 0. The molecule has 0 aromatic heterocycles. The van der Waals surface area contributed by atoms with Gasteiger partial charge in [0.1, 0.15) is 6.67 Å². The minimum atomic E-state index is 0.433. The van der Waals surface area contributed by atoms with Crippen molar-refractivity contribution >= 4 is 11.9 Å². The van der Waals surface area contributed by atoms with Crippen molar-refractivity contribution in [3.63, 3.8) is 0 Å². The molecule has 0 saturated carbocycles. The largest absolute Gasteiger partial charge is 0.273 e. The first-order chi connectivity index (χ1) is 4.97. The van der Waals surface area contributed by atoms with Gasteiger partial charge in [0.05, 0.1) is 0 Å². The molecule has 0 spiro atoms. The number of hydrogen-bond acceptors (Lipinski definition) is 2. The van der Waals surface area contributed by atoms with E-state index in [4.69, 9.17) is 0 Å². The first kappa shape index (κ1) is 5.83. The Morgan fingerprint density at radius 3 is 3.40 bits per heavy atom. The van der Waals surface area contributed by atoms with Crippen LogP contribution in [-0.4, -0.2) is 18.6 Å². The van der Waals surface area contributed by atoms with Gasteiger partial charge in [-0.15, -0.1) is 0 Å². The molecule has 0 fully saturated rings. The zero-order valence-electron chi connectivity index (χ0n) is 5.83. The van der Waals surface area contributed by atoms with Crippen molar-refractivity contribution in [3.8, 4) is 0 Å². The van der Waals surface area contributed by atoms with E-state index in [9.17, 15) is 0 Å². The summed E-state index contributed by atoms with van der Waals surface area (Å²) >= 11 is 0. The van der Waals surface area contributed by atoms with Crippen molar-refractivity contribution < 1.29 is 0 Å². The van der Waals surface area contributed by atoms with Crippen LogP contribution in [0.25, 0.3) is 0 Å². The molecule has 0 bridgehead atoms. The molecule has 2 nitrogen and oxygen atoms in total. The van der Waals surface area contributed by atoms with Crippen molar-refractivity contribution in [1.82, 2.24) is 0 Å². The summed E-state index contributed by atoms with van der Waals surface area (Å²) in [6.07, 6.45) is 8.68. The quantitative estimate of drug-likeness (QED) is 0.448. The molecule has 0 radical (unpaired) electrons. The molecule has 2 aliphatic rings. The minimum absolute atomic E-state index is 0.433. The Balaban J connectivity index is 2.26. The number of aliphatic imine (C=N–C) groups is 2. The maximum absolute atomic E-state index is 4.32. The maximum atomic E-state index is 4.32. The summed E-state index contributed by atoms with van der Waals surface area (Å²) in [6.45, 7) is 0.652. The normalized spacial score (nSPS) is 29.6. The number of fused-ring (bicyclic) bond motifs is 1. The summed E-state index contributed by atoms with van der Waals surface area (Å²) in [6, 6.07) is 0. The molecular formula is C8H10N2. The van der Waals surface area contributed by atoms with Crippen molar-refractivity contribution in [2.75, 3.05) is 6.67 Å². The van der Waals surface area contributed by atoms with Gasteiger partial charge < -0.3 is 0 Å². The molecule has 0 aromatic rings. The third kappa shape index (κ3) is 0.897. The Morgan fingerprint density at radius 2 is 2.50 bits per heavy atom. The van der Waals surface area contributed by atoms with Crippen LogP contribution in [0.2, 0.25) is 0 Å². The van der Waals surface area contributed by atoms with Gasteiger partial charge in [0.15, 0.2) is 0 Å². The smallest absolute Gasteiger partial charge is 0.128 e. The van der Waals surface area contributed by atoms with Crippen LogP contribution in [0.3, 0.4) is 0 Å². The summed E-state index contributed by atoms with van der Waals surface area (Å²) in [5.74, 6) is 0.433. The highest BCUT2D eigenvalue weighted by Crippen LogP contribution is 2.15. The molecule has 2 rings (SSSR count). The summed E-state index contributed by atoms with van der Waals surface area (Å²) < 4.78 is 0. The zero-order chi connectivity index (χ0) is 6.81. The molecule has 1 heterocycles. The average molecular weight is 134 g/mol. The summed E-state index contributed by atoms with van der Waals surface area (Å²) in [7, 11) is 0. The lowest BCUT2D eigenvalue weighted by molar-refractivity contribution is 0.909. The van der Waals surface area contributed by atoms with Gasteiger partial charge in [0, 0.05) is 17.8 Å². The van der Waals surface area contributed by atoms with E-state index in [-0.39, 0.29) is 0 Å². The fraction of sp³-hybridized carbons (Fsp3) is 0.500. The monoisotopic (exact) mass is 134 g/mol. The Bertz CT molecular complexity index is 213. The summed E-state index contributed by atoms with van der Waals surface area (Å²) in [5.41, 5.74) is 1.32. The van der Waals surface area contributed by atoms with E-state index in [1.165, 1.54) is 5.71 Å². The van der Waals surface area contributed by atoms with Crippen LogP contribution in [0, 0.1) is 5.92 Å². The van der Waals surface area contributed by atoms with Gasteiger partial charge in [-0.3, -0.25) is 9.98 Å². The number of nitrogens with zero attached hydrogens (tertiary/aromatic N) is 2. The van der Waals surface area contributed by atoms with E-state index >= 15 is 0 Å². The van der Waals surface area contributed by atoms with Crippen LogP contribution in [0.5, 0.6) is 0 Å². The van der Waals surface area contributed by atoms with Crippen molar-refractivity contribution in [2.24, 2.45) is 15.9 Å². The average Bonchev–Trinajstić information content (AvgIpc) is 2.05. The van der Waals surface area contributed by atoms with Crippen LogP contribution in [0.15, 0.2) is 22.1 Å². The summed E-state index contributed by atoms with van der Waals surface area (Å²) in [4.78, 5) is 8.42. The molecule has 0 aromatic carbocycles. The number of hydrogen-bond donors (Lipinski definition) is 0. The molecular weight excluding hydrogens is 124 g/mol. The van der Waals surface area contributed by atoms with Gasteiger partial charge in [0.25, 0.3) is 0 Å². The first-order valence-corrected chi connectivity index (χ1v) is 3.66. The molecule has 2 heteroatoms. The van der Waals surface area contributed by atoms with Gasteiger partial charge in [-0.1, -0.05) is 12.2 Å². The van der Waals surface area contributed by atoms with E-state index in [1.807, 2.05) is 6.21 Å². The van der Waals surface area contributed by atoms with Gasteiger partial charge >= 0.3 is 0 Å². The Labute approximate surface area is 60.4 Å². The molecule has 0 N–H and O–H groups in total. The fourth-order valence-electron chi connectivity index (χ4n) is 1.36. The third-order valence-corrected chi connectivity index (χ3v) is 1.92. The van der Waals surface area contributed by atoms with E-state index in [1.54, 1.807) is 0 Å². The molecule has 1 unspecified atom stereocenters. The standard InChI is InChI=1S/C8H10N2/c1-2-4-8-7(3-1)5-9-6-10-8/h1,3,5,7H,2,4,6H2. The second kappa shape index (κ2) is 2.37. The zero-order valence-corrected chi connectivity index (χ0v) is 5.83. The second-order valence-electron chi connectivity index (χ2n) is 2.62. The van der Waals surface area contributed by atoms with Gasteiger partial charge in [-0.2, -0.15) is 0 Å². The van der Waals surface area contributed by atoms with Crippen LogP contribution < -0.4 is 0 Å². The lowest BCUT2D eigenvalue weighted by atomic mass is 9.94. The topological polar surface area (TPSA) is 24.7 Å². The van der Waals surface area contributed by atoms with E-state index in [0.29, 0.717) is 12.6 Å². The highest BCUT2D eigenvalue weighted by atomic mass is 15.0. The van der Waals surface area contributed by atoms with Gasteiger partial charge in [-0.05, 0) is 12.8 Å². The van der Waals surface area contributed by atoms with Crippen molar-refractivity contribution in [1.29, 1.82) is 0 Å². The Morgan fingerprint density at radius 1 is 1.50 bits per heavy atom. The van der Waals surface area contributed by atoms with Crippen molar-refractivity contribution in [3.05, 3.63) is 12.2 Å². The first-order valence-electron chi connectivity index (χ1n) is 3.66. The lowest BCUT2D eigenvalue weighted by Gasteiger charge is -2.17. The molecule has 1 aliphatic carbocycles. The molecule has 1 atom stereocenters. The van der Waals surface area contributed by atoms with Gasteiger partial charge in [-0.25, -0.2) is 0 Å². The highest BCUT2D eigenvalue weighted by Gasteiger charge is 2.14. The number of rotatable bonds is 0. The van der Waals surface area contributed by atoms with Crippen LogP contribution in [0.4, 0.5) is 0 Å². The fourth-order valence-corrected chi connectivity index (χ4v) is 1.36. The van der Waals surface area contributed by atoms with Crippen LogP contribution in [-0.2, 0) is 0 Å². The second-order valence-corrected chi connectivity index (χ2v) is 2.62. The minimum Gasteiger partial charge on any atom is -0.273 e. The van der Waals surface area contributed by atoms with Crippen LogP contribution in [0.1, 0.15) is 12.8 Å². The molecule has 0 amide bonds. The predicted octanol–water partition coefficient (Wildman–Crippen LogP) is 1.44. The SMILES string of the molecule is C1=CC2C=NCN=C2CC1. The molecule has 1 aliphatic heterocycles. The van der Waals surface area contributed by atoms with Crippen molar-refractivity contribution in [2.45, 2.75) is 12.8 Å². The third-order valence-electron chi connectivity index (χ3n) is 1.92. The molecule has 0 saturated heterocycles. The molecule has 10 heavy (non-hydrogen) atoms. The molecule has 52 valence electrons. The Kier molecular flexibility index (Phi) is 1.38. The Hall–Kier alpha value is -0.920. The number of allylic oxidation sites excluding steroid dienone is 2. The highest BCUT2D eigenvalue weighted by molar-refractivity contribution is 6.02.